The third kappa shape index (κ3) is 7.64. The van der Waals surface area contributed by atoms with E-state index >= 15 is 0 Å². The second-order valence-electron chi connectivity index (χ2n) is 15.1. The lowest BCUT2D eigenvalue weighted by molar-refractivity contribution is 0.674. The molecule has 8 aromatic carbocycles. The lowest BCUT2D eigenvalue weighted by atomic mass is 9.84. The number of nitrogens with one attached hydrogen (secondary N) is 3. The van der Waals surface area contributed by atoms with Gasteiger partial charge in [0, 0.05) is 33.5 Å². The Morgan fingerprint density at radius 1 is 0.475 bits per heavy atom. The summed E-state index contributed by atoms with van der Waals surface area (Å²) in [4.78, 5) is 10.1. The van der Waals surface area contributed by atoms with Crippen LogP contribution in [-0.4, -0.2) is 17.4 Å². The van der Waals surface area contributed by atoms with E-state index in [-0.39, 0.29) is 6.17 Å². The molecule has 0 saturated carbocycles. The van der Waals surface area contributed by atoms with Crippen LogP contribution >= 0.6 is 0 Å². The number of aliphatic imine (C=N–C) groups is 2. The molecule has 2 heterocycles. The Balaban J connectivity index is 1.07. The number of fused-ring (bicyclic) bond motifs is 1. The average molecular weight is 784 g/mol. The predicted octanol–water partition coefficient (Wildman–Crippen LogP) is 12.6. The minimum Gasteiger partial charge on any atom is -0.354 e. The van der Waals surface area contributed by atoms with Crippen molar-refractivity contribution in [3.63, 3.8) is 0 Å². The summed E-state index contributed by atoms with van der Waals surface area (Å²) in [5.41, 5.74) is 15.6. The zero-order valence-electron chi connectivity index (χ0n) is 33.3. The van der Waals surface area contributed by atoms with Crippen LogP contribution in [0.1, 0.15) is 50.7 Å². The summed E-state index contributed by atoms with van der Waals surface area (Å²) in [6.45, 7) is 0. The summed E-state index contributed by atoms with van der Waals surface area (Å²) in [6.07, 6.45) is 1.97. The van der Waals surface area contributed by atoms with E-state index in [1.54, 1.807) is 0 Å². The summed E-state index contributed by atoms with van der Waals surface area (Å²) < 4.78 is 0. The lowest BCUT2D eigenvalue weighted by Crippen LogP contribution is -2.33. The van der Waals surface area contributed by atoms with Crippen molar-refractivity contribution in [2.24, 2.45) is 9.98 Å². The van der Waals surface area contributed by atoms with Gasteiger partial charge in [-0.05, 0) is 56.6 Å². The van der Waals surface area contributed by atoms with E-state index in [0.29, 0.717) is 11.5 Å². The molecule has 0 radical (unpaired) electrons. The van der Waals surface area contributed by atoms with E-state index < -0.39 is 0 Å². The zero-order valence-corrected chi connectivity index (χ0v) is 33.3. The molecular weight excluding hydrogens is 743 g/mol. The monoisotopic (exact) mass is 783 g/mol. The van der Waals surface area contributed by atoms with Crippen LogP contribution in [0.15, 0.2) is 228 Å². The van der Waals surface area contributed by atoms with Crippen molar-refractivity contribution >= 4 is 40.4 Å². The van der Waals surface area contributed by atoms with Gasteiger partial charge < -0.3 is 10.6 Å². The molecule has 5 nitrogen and oxygen atoms in total. The topological polar surface area (TPSA) is 72.6 Å². The number of hydrogen-bond acceptors (Lipinski definition) is 5. The number of rotatable bonds is 9. The molecule has 10 rings (SSSR count). The summed E-state index contributed by atoms with van der Waals surface area (Å²) in [5, 5.41) is 17.2. The van der Waals surface area contributed by atoms with Crippen molar-refractivity contribution in [1.29, 1.82) is 5.41 Å². The van der Waals surface area contributed by atoms with E-state index in [0.717, 1.165) is 89.6 Å². The van der Waals surface area contributed by atoms with Crippen molar-refractivity contribution in [2.45, 2.75) is 6.17 Å². The fraction of sp³-hybridized carbons (Fsp3) is 0.0179. The van der Waals surface area contributed by atoms with Crippen molar-refractivity contribution in [1.82, 2.24) is 10.6 Å². The van der Waals surface area contributed by atoms with E-state index in [4.69, 9.17) is 9.98 Å². The summed E-state index contributed by atoms with van der Waals surface area (Å²) >= 11 is 0. The Labute approximate surface area is 356 Å². The summed E-state index contributed by atoms with van der Waals surface area (Å²) in [6, 6.07) is 75.0. The first-order valence-electron chi connectivity index (χ1n) is 20.5. The van der Waals surface area contributed by atoms with Crippen molar-refractivity contribution in [3.05, 3.63) is 263 Å². The molecule has 61 heavy (non-hydrogen) atoms. The third-order valence-corrected chi connectivity index (χ3v) is 11.2. The molecule has 3 N–H and O–H groups in total. The molecule has 8 aromatic rings. The fourth-order valence-electron chi connectivity index (χ4n) is 8.13. The van der Waals surface area contributed by atoms with Gasteiger partial charge in [-0.1, -0.05) is 212 Å². The van der Waals surface area contributed by atoms with Crippen molar-refractivity contribution in [2.75, 3.05) is 0 Å². The highest BCUT2D eigenvalue weighted by molar-refractivity contribution is 6.36. The number of hydrogen-bond donors (Lipinski definition) is 3. The van der Waals surface area contributed by atoms with Crippen LogP contribution in [0.25, 0.3) is 45.3 Å². The molecule has 0 saturated heterocycles. The van der Waals surface area contributed by atoms with Gasteiger partial charge in [0.2, 0.25) is 0 Å². The van der Waals surface area contributed by atoms with E-state index in [1.807, 2.05) is 91.0 Å². The van der Waals surface area contributed by atoms with E-state index in [2.05, 4.69) is 144 Å². The first-order chi connectivity index (χ1) is 30.2. The predicted molar refractivity (Wildman–Crippen MR) is 253 cm³/mol. The zero-order chi connectivity index (χ0) is 41.0. The SMILES string of the molecule is N=C(/C(=C1\NC(c2ccccc2)=Cc2cccc(-c3cccc(-c4ccc(C5=NC(c6ccccc6)NC(c6ccccc6)=N5)cc4)c3)c21)c1ccccc1)c1ccccc1. The molecule has 0 spiro atoms. The molecule has 5 heteroatoms. The van der Waals surface area contributed by atoms with Gasteiger partial charge in [-0.25, -0.2) is 9.98 Å². The van der Waals surface area contributed by atoms with Crippen LogP contribution in [-0.2, 0) is 0 Å². The highest BCUT2D eigenvalue weighted by Crippen LogP contribution is 2.42. The second kappa shape index (κ2) is 16.6. The molecule has 1 atom stereocenters. The molecule has 0 aromatic heterocycles. The third-order valence-electron chi connectivity index (χ3n) is 11.2. The van der Waals surface area contributed by atoms with Crippen LogP contribution in [0.4, 0.5) is 0 Å². The molecule has 0 fully saturated rings. The molecule has 0 aliphatic carbocycles. The molecule has 2 aliphatic heterocycles. The summed E-state index contributed by atoms with van der Waals surface area (Å²) in [7, 11) is 0. The van der Waals surface area contributed by atoms with Gasteiger partial charge in [0.1, 0.15) is 12.0 Å². The van der Waals surface area contributed by atoms with Crippen LogP contribution in [0.3, 0.4) is 0 Å². The average Bonchev–Trinajstić information content (AvgIpc) is 3.35. The first kappa shape index (κ1) is 37.1. The molecule has 0 amide bonds. The Hall–Kier alpha value is -8.15. The van der Waals surface area contributed by atoms with Gasteiger partial charge in [0.15, 0.2) is 5.84 Å². The maximum absolute atomic E-state index is 9.76. The normalized spacial score (nSPS) is 15.2. The highest BCUT2D eigenvalue weighted by atomic mass is 15.2. The Morgan fingerprint density at radius 3 is 1.72 bits per heavy atom. The van der Waals surface area contributed by atoms with Gasteiger partial charge >= 0.3 is 0 Å². The molecule has 290 valence electrons. The smallest absolute Gasteiger partial charge is 0.159 e. The van der Waals surface area contributed by atoms with E-state index in [9.17, 15) is 5.41 Å². The largest absolute Gasteiger partial charge is 0.354 e. The quantitative estimate of drug-likeness (QED) is 0.128. The second-order valence-corrected chi connectivity index (χ2v) is 15.1. The Kier molecular flexibility index (Phi) is 10.1. The highest BCUT2D eigenvalue weighted by Gasteiger charge is 2.27. The number of nitrogens with zero attached hydrogens (tertiary/aromatic N) is 2. The molecule has 0 bridgehead atoms. The van der Waals surface area contributed by atoms with Gasteiger partial charge in [0.25, 0.3) is 0 Å². The number of benzene rings is 8. The standard InChI is InChI=1S/C56H41N5/c57-52(41-22-10-3-11-23-41)51(40-20-8-2-9-21-40)53-50-47(37-49(58-53)39-18-6-1-7-19-39)30-17-31-48(50)46-29-16-28-45(36-46)38-32-34-44(35-33-38)56-60-54(42-24-12-4-13-25-42)59-55(61-56)43-26-14-5-15-27-43/h1-37,54,57-58H,(H,59,60,61)/b53-51-,57-52?. The fourth-order valence-corrected chi connectivity index (χ4v) is 8.13. The number of amidine groups is 2. The number of allylic oxidation sites excluding steroid dienone is 1. The van der Waals surface area contributed by atoms with Gasteiger partial charge in [-0.2, -0.15) is 0 Å². The van der Waals surface area contributed by atoms with Gasteiger partial charge in [-0.15, -0.1) is 0 Å². The van der Waals surface area contributed by atoms with Crippen molar-refractivity contribution < 1.29 is 0 Å². The maximum Gasteiger partial charge on any atom is 0.159 e. The molecular formula is C56H41N5. The molecule has 1 unspecified atom stereocenters. The minimum atomic E-state index is -0.261. The van der Waals surface area contributed by atoms with Crippen LogP contribution < -0.4 is 10.6 Å². The van der Waals surface area contributed by atoms with Gasteiger partial charge in [-0.3, -0.25) is 5.41 Å². The lowest BCUT2D eigenvalue weighted by Gasteiger charge is -2.28. The van der Waals surface area contributed by atoms with Crippen LogP contribution in [0, 0.1) is 5.41 Å². The maximum atomic E-state index is 9.76. The van der Waals surface area contributed by atoms with Crippen LogP contribution in [0.2, 0.25) is 0 Å². The molecule has 2 aliphatic rings. The Bertz CT molecular complexity index is 2990. The summed E-state index contributed by atoms with van der Waals surface area (Å²) in [5.74, 6) is 1.48. The van der Waals surface area contributed by atoms with Gasteiger partial charge in [0.05, 0.1) is 11.4 Å². The van der Waals surface area contributed by atoms with Crippen LogP contribution in [0.5, 0.6) is 0 Å². The van der Waals surface area contributed by atoms with E-state index in [1.165, 1.54) is 0 Å². The Morgan fingerprint density at radius 2 is 1.03 bits per heavy atom. The van der Waals surface area contributed by atoms with Crippen molar-refractivity contribution in [3.8, 4) is 22.3 Å². The first-order valence-corrected chi connectivity index (χ1v) is 20.5. The minimum absolute atomic E-state index is 0.261.